The average Bonchev–Trinajstić information content (AvgIpc) is 3.18. The van der Waals surface area contributed by atoms with Gasteiger partial charge in [-0.15, -0.1) is 0 Å². The summed E-state index contributed by atoms with van der Waals surface area (Å²) in [6.45, 7) is 12.5. The van der Waals surface area contributed by atoms with Crippen LogP contribution < -0.4 is 14.4 Å². The fourth-order valence-electron chi connectivity index (χ4n) is 5.10. The highest BCUT2D eigenvalue weighted by Gasteiger charge is 2.47. The maximum absolute atomic E-state index is 13.7. The molecule has 3 aromatic carbocycles. The summed E-state index contributed by atoms with van der Waals surface area (Å²) in [6, 6.07) is 17.9. The van der Waals surface area contributed by atoms with E-state index in [2.05, 4.69) is 13.8 Å². The molecule has 1 amide bonds. The van der Waals surface area contributed by atoms with E-state index >= 15 is 0 Å². The standard InChI is InChI=1S/C33H37NO5/c1-8-39-25-11-9-10-23(17-25)30-29(31(35)27-18-26(20(4)5)28(38-7)16-21(27)6)32(36)33(37)34(30)24-14-12-22(13-15-24)19(2)3/h9-20,30,35H,8H2,1-7H3/b31-29+. The summed E-state index contributed by atoms with van der Waals surface area (Å²) in [6.07, 6.45) is 0. The molecule has 1 heterocycles. The number of aryl methyl sites for hydroxylation is 1. The Hall–Kier alpha value is -4.06. The van der Waals surface area contributed by atoms with Crippen molar-refractivity contribution in [1.29, 1.82) is 0 Å². The minimum Gasteiger partial charge on any atom is -0.507 e. The first-order chi connectivity index (χ1) is 18.6. The number of carbonyl (C=O) groups is 2. The number of nitrogens with zero attached hydrogens (tertiary/aromatic N) is 1. The third-order valence-electron chi connectivity index (χ3n) is 7.22. The predicted molar refractivity (Wildman–Crippen MR) is 155 cm³/mol. The van der Waals surface area contributed by atoms with E-state index in [1.807, 2.05) is 88.4 Å². The van der Waals surface area contributed by atoms with Crippen LogP contribution in [-0.4, -0.2) is 30.5 Å². The van der Waals surface area contributed by atoms with Crippen LogP contribution in [-0.2, 0) is 9.59 Å². The Bertz CT molecular complexity index is 1420. The van der Waals surface area contributed by atoms with Gasteiger partial charge in [-0.3, -0.25) is 14.5 Å². The van der Waals surface area contributed by atoms with Gasteiger partial charge in [-0.1, -0.05) is 52.0 Å². The summed E-state index contributed by atoms with van der Waals surface area (Å²) in [5.41, 5.74) is 4.57. The molecular weight excluding hydrogens is 490 g/mol. The summed E-state index contributed by atoms with van der Waals surface area (Å²) in [7, 11) is 1.61. The molecule has 6 nitrogen and oxygen atoms in total. The van der Waals surface area contributed by atoms with Crippen molar-refractivity contribution < 1.29 is 24.2 Å². The summed E-state index contributed by atoms with van der Waals surface area (Å²) < 4.78 is 11.3. The number of aliphatic hydroxyl groups excluding tert-OH is 1. The van der Waals surface area contributed by atoms with Crippen LogP contribution in [0.2, 0.25) is 0 Å². The van der Waals surface area contributed by atoms with Gasteiger partial charge >= 0.3 is 0 Å². The summed E-state index contributed by atoms with van der Waals surface area (Å²) in [4.78, 5) is 28.7. The first kappa shape index (κ1) is 28.0. The number of ketones is 1. The first-order valence-electron chi connectivity index (χ1n) is 13.4. The SMILES string of the molecule is CCOc1cccc(C2/C(=C(\O)c3cc(C(C)C)c(OC)cc3C)C(=O)C(=O)N2c2ccc(C(C)C)cc2)c1. The van der Waals surface area contributed by atoms with Crippen molar-refractivity contribution in [3.63, 3.8) is 0 Å². The second-order valence-corrected chi connectivity index (χ2v) is 10.5. The fourth-order valence-corrected chi connectivity index (χ4v) is 5.10. The monoisotopic (exact) mass is 527 g/mol. The second kappa shape index (κ2) is 11.4. The number of Topliss-reactive ketones (excluding diaryl/α,β-unsaturated/α-hetero) is 1. The van der Waals surface area contributed by atoms with Crippen LogP contribution >= 0.6 is 0 Å². The molecule has 1 atom stereocenters. The lowest BCUT2D eigenvalue weighted by Crippen LogP contribution is -2.29. The van der Waals surface area contributed by atoms with Gasteiger partial charge < -0.3 is 14.6 Å². The van der Waals surface area contributed by atoms with Gasteiger partial charge in [0.1, 0.15) is 17.3 Å². The lowest BCUT2D eigenvalue weighted by Gasteiger charge is -2.26. The predicted octanol–water partition coefficient (Wildman–Crippen LogP) is 7.28. The number of aliphatic hydroxyl groups is 1. The molecule has 1 fully saturated rings. The molecule has 0 saturated carbocycles. The number of hydrogen-bond acceptors (Lipinski definition) is 5. The molecule has 1 unspecified atom stereocenters. The van der Waals surface area contributed by atoms with Crippen LogP contribution in [0.1, 0.15) is 80.3 Å². The van der Waals surface area contributed by atoms with Gasteiger partial charge in [0, 0.05) is 11.3 Å². The third kappa shape index (κ3) is 5.29. The maximum Gasteiger partial charge on any atom is 0.300 e. The number of rotatable bonds is 8. The molecule has 6 heteroatoms. The molecule has 0 bridgehead atoms. The Balaban J connectivity index is 1.97. The zero-order chi connectivity index (χ0) is 28.4. The van der Waals surface area contributed by atoms with E-state index < -0.39 is 17.7 Å². The van der Waals surface area contributed by atoms with E-state index in [0.717, 1.165) is 16.7 Å². The molecule has 1 aliphatic rings. The van der Waals surface area contributed by atoms with Crippen molar-refractivity contribution in [1.82, 2.24) is 0 Å². The molecule has 0 aliphatic carbocycles. The summed E-state index contributed by atoms with van der Waals surface area (Å²) >= 11 is 0. The van der Waals surface area contributed by atoms with Crippen LogP contribution in [0.5, 0.6) is 11.5 Å². The van der Waals surface area contributed by atoms with Crippen LogP contribution in [0.15, 0.2) is 66.2 Å². The Morgan fingerprint density at radius 3 is 2.26 bits per heavy atom. The minimum atomic E-state index is -0.834. The third-order valence-corrected chi connectivity index (χ3v) is 7.22. The number of methoxy groups -OCH3 is 1. The van der Waals surface area contributed by atoms with Crippen LogP contribution in [0.3, 0.4) is 0 Å². The largest absolute Gasteiger partial charge is 0.507 e. The lowest BCUT2D eigenvalue weighted by atomic mass is 9.91. The molecule has 0 aromatic heterocycles. The average molecular weight is 528 g/mol. The maximum atomic E-state index is 13.7. The van der Waals surface area contributed by atoms with Gasteiger partial charge in [0.15, 0.2) is 0 Å². The highest BCUT2D eigenvalue weighted by atomic mass is 16.5. The molecule has 1 aliphatic heterocycles. The molecule has 204 valence electrons. The minimum absolute atomic E-state index is 0.0459. The van der Waals surface area contributed by atoms with Gasteiger partial charge in [0.05, 0.1) is 25.3 Å². The Kier molecular flexibility index (Phi) is 8.14. The molecule has 1 saturated heterocycles. The van der Waals surface area contributed by atoms with Gasteiger partial charge in [0.25, 0.3) is 11.7 Å². The van der Waals surface area contributed by atoms with Gasteiger partial charge in [-0.2, -0.15) is 0 Å². The van der Waals surface area contributed by atoms with E-state index in [1.165, 1.54) is 4.90 Å². The van der Waals surface area contributed by atoms with E-state index in [9.17, 15) is 14.7 Å². The van der Waals surface area contributed by atoms with E-state index in [0.29, 0.717) is 40.8 Å². The van der Waals surface area contributed by atoms with Crippen LogP contribution in [0.25, 0.3) is 5.76 Å². The normalized spacial score (nSPS) is 16.8. The number of carbonyl (C=O) groups excluding carboxylic acids is 2. The highest BCUT2D eigenvalue weighted by molar-refractivity contribution is 6.51. The summed E-state index contributed by atoms with van der Waals surface area (Å²) in [5.74, 6) is 0.158. The lowest BCUT2D eigenvalue weighted by molar-refractivity contribution is -0.132. The van der Waals surface area contributed by atoms with Crippen molar-refractivity contribution >= 4 is 23.1 Å². The van der Waals surface area contributed by atoms with Gasteiger partial charge in [-0.05, 0) is 84.3 Å². The number of amides is 1. The van der Waals surface area contributed by atoms with Gasteiger partial charge in [0.2, 0.25) is 0 Å². The van der Waals surface area contributed by atoms with E-state index in [-0.39, 0.29) is 17.3 Å². The molecule has 1 N–H and O–H groups in total. The van der Waals surface area contributed by atoms with E-state index in [1.54, 1.807) is 7.11 Å². The highest BCUT2D eigenvalue weighted by Crippen LogP contribution is 2.44. The Labute approximate surface area is 230 Å². The molecule has 0 spiro atoms. The quantitative estimate of drug-likeness (QED) is 0.189. The Morgan fingerprint density at radius 2 is 1.67 bits per heavy atom. The van der Waals surface area contributed by atoms with Crippen LogP contribution in [0, 0.1) is 6.92 Å². The topological polar surface area (TPSA) is 76.1 Å². The Morgan fingerprint density at radius 1 is 0.974 bits per heavy atom. The molecule has 4 rings (SSSR count). The molecule has 3 aromatic rings. The zero-order valence-corrected chi connectivity index (χ0v) is 23.7. The number of hydrogen-bond donors (Lipinski definition) is 1. The zero-order valence-electron chi connectivity index (χ0n) is 23.7. The summed E-state index contributed by atoms with van der Waals surface area (Å²) in [5, 5.41) is 11.8. The molecule has 0 radical (unpaired) electrons. The van der Waals surface area contributed by atoms with Crippen molar-refractivity contribution in [2.75, 3.05) is 18.6 Å². The van der Waals surface area contributed by atoms with Gasteiger partial charge in [-0.25, -0.2) is 0 Å². The second-order valence-electron chi connectivity index (χ2n) is 10.5. The van der Waals surface area contributed by atoms with Crippen LogP contribution in [0.4, 0.5) is 5.69 Å². The van der Waals surface area contributed by atoms with Crippen molar-refractivity contribution in [3.8, 4) is 11.5 Å². The smallest absolute Gasteiger partial charge is 0.300 e. The number of benzene rings is 3. The van der Waals surface area contributed by atoms with Crippen molar-refractivity contribution in [3.05, 3.63) is 94.1 Å². The fraction of sp³-hybridized carbons (Fsp3) is 0.333. The van der Waals surface area contributed by atoms with Crippen molar-refractivity contribution in [2.45, 2.75) is 59.4 Å². The number of anilines is 1. The first-order valence-corrected chi connectivity index (χ1v) is 13.4. The van der Waals surface area contributed by atoms with Crippen molar-refractivity contribution in [2.24, 2.45) is 0 Å². The number of ether oxygens (including phenoxy) is 2. The molecular formula is C33H37NO5. The van der Waals surface area contributed by atoms with E-state index in [4.69, 9.17) is 9.47 Å². The molecule has 39 heavy (non-hydrogen) atoms.